The predicted molar refractivity (Wildman–Crippen MR) is 162 cm³/mol. The van der Waals surface area contributed by atoms with Crippen molar-refractivity contribution >= 4 is 57.8 Å². The summed E-state index contributed by atoms with van der Waals surface area (Å²) >= 11 is 0. The Morgan fingerprint density at radius 2 is 1.00 bits per heavy atom. The standard InChI is InChI=1S/C20H14N4.C13H9NO3/c1-2-14-10-16-5-6-18(23-16)12-20-8-7-19(24-20)11-17-4-3-15(22-17)9-13(1)21-14;15-13(10-4-2-1-3-5-10)11-6-8-12(9-7-11)14(16)17/h1-12,21-22H;1-9H. The normalized spacial score (nSPS) is 11.5. The summed E-state index contributed by atoms with van der Waals surface area (Å²) in [6, 6.07) is 30.8. The van der Waals surface area contributed by atoms with Gasteiger partial charge in [0.05, 0.1) is 27.7 Å². The summed E-state index contributed by atoms with van der Waals surface area (Å²) in [6.45, 7) is 0. The predicted octanol–water partition coefficient (Wildman–Crippen LogP) is 7.48. The highest BCUT2D eigenvalue weighted by Gasteiger charge is 2.11. The summed E-state index contributed by atoms with van der Waals surface area (Å²) in [4.78, 5) is 38.0. The zero-order valence-corrected chi connectivity index (χ0v) is 21.7. The highest BCUT2D eigenvalue weighted by Crippen LogP contribution is 2.18. The van der Waals surface area contributed by atoms with Crippen molar-refractivity contribution in [1.82, 2.24) is 19.9 Å². The first kappa shape index (κ1) is 25.4. The molecule has 8 heteroatoms. The molecular weight excluding hydrogens is 514 g/mol. The van der Waals surface area contributed by atoms with Crippen molar-refractivity contribution in [1.29, 1.82) is 0 Å². The number of non-ortho nitro benzene ring substituents is 1. The highest BCUT2D eigenvalue weighted by atomic mass is 16.6. The molecule has 8 nitrogen and oxygen atoms in total. The Hall–Kier alpha value is -5.89. The molecule has 8 bridgehead atoms. The van der Waals surface area contributed by atoms with Crippen LogP contribution in [0.25, 0.3) is 46.4 Å². The van der Waals surface area contributed by atoms with Gasteiger partial charge in [0.1, 0.15) is 0 Å². The first-order valence-corrected chi connectivity index (χ1v) is 12.9. The second-order valence-electron chi connectivity index (χ2n) is 9.40. The first-order chi connectivity index (χ1) is 20.0. The Balaban J connectivity index is 0.000000158. The third kappa shape index (κ3) is 6.07. The van der Waals surface area contributed by atoms with Crippen LogP contribution < -0.4 is 0 Å². The van der Waals surface area contributed by atoms with Gasteiger partial charge in [0, 0.05) is 45.3 Å². The number of hydrogen-bond acceptors (Lipinski definition) is 5. The number of aromatic amines is 2. The molecule has 0 spiro atoms. The fourth-order valence-electron chi connectivity index (χ4n) is 4.43. The van der Waals surface area contributed by atoms with Gasteiger partial charge in [-0.2, -0.15) is 0 Å². The molecule has 0 aliphatic carbocycles. The molecular formula is C33H23N5O3. The van der Waals surface area contributed by atoms with Crippen LogP contribution in [-0.4, -0.2) is 30.6 Å². The Morgan fingerprint density at radius 1 is 0.561 bits per heavy atom. The van der Waals surface area contributed by atoms with Crippen LogP contribution in [-0.2, 0) is 0 Å². The van der Waals surface area contributed by atoms with Crippen molar-refractivity contribution in [3.05, 3.63) is 147 Å². The summed E-state index contributed by atoms with van der Waals surface area (Å²) in [5, 5.41) is 10.5. The number of ketones is 1. The van der Waals surface area contributed by atoms with Gasteiger partial charge in [-0.25, -0.2) is 9.97 Å². The van der Waals surface area contributed by atoms with Crippen LogP contribution >= 0.6 is 0 Å². The van der Waals surface area contributed by atoms with E-state index in [1.54, 1.807) is 24.3 Å². The molecule has 2 N–H and O–H groups in total. The summed E-state index contributed by atoms with van der Waals surface area (Å²) in [7, 11) is 0. The number of benzene rings is 2. The van der Waals surface area contributed by atoms with Crippen LogP contribution in [0.4, 0.5) is 5.69 Å². The van der Waals surface area contributed by atoms with Crippen molar-refractivity contribution in [2.24, 2.45) is 0 Å². The van der Waals surface area contributed by atoms with Crippen molar-refractivity contribution in [2.45, 2.75) is 0 Å². The number of nitro benzene ring substituents is 1. The van der Waals surface area contributed by atoms with Crippen LogP contribution in [0.3, 0.4) is 0 Å². The molecule has 0 fully saturated rings. The number of aromatic nitrogens is 4. The minimum atomic E-state index is -0.489. The molecule has 5 heterocycles. The van der Waals surface area contributed by atoms with E-state index in [2.05, 4.69) is 50.3 Å². The summed E-state index contributed by atoms with van der Waals surface area (Å²) < 4.78 is 0. The molecule has 0 unspecified atom stereocenters. The number of nitro groups is 1. The largest absolute Gasteiger partial charge is 0.355 e. The van der Waals surface area contributed by atoms with Crippen molar-refractivity contribution in [3.8, 4) is 0 Å². The van der Waals surface area contributed by atoms with E-state index in [0.717, 1.165) is 44.8 Å². The van der Waals surface area contributed by atoms with E-state index in [9.17, 15) is 14.9 Å². The fraction of sp³-hybridized carbons (Fsp3) is 0. The molecule has 2 aliphatic rings. The second kappa shape index (κ2) is 11.1. The lowest BCUT2D eigenvalue weighted by Crippen LogP contribution is -2.00. The molecule has 5 aromatic rings. The zero-order valence-electron chi connectivity index (χ0n) is 21.7. The lowest BCUT2D eigenvalue weighted by Gasteiger charge is -2.00. The number of carbonyl (C=O) groups excluding carboxylic acids is 1. The molecule has 0 saturated heterocycles. The monoisotopic (exact) mass is 537 g/mol. The van der Waals surface area contributed by atoms with Gasteiger partial charge in [-0.05, 0) is 85.0 Å². The lowest BCUT2D eigenvalue weighted by molar-refractivity contribution is -0.384. The molecule has 0 atom stereocenters. The van der Waals surface area contributed by atoms with Crippen LogP contribution in [0.5, 0.6) is 0 Å². The van der Waals surface area contributed by atoms with Crippen molar-refractivity contribution in [3.63, 3.8) is 0 Å². The third-order valence-electron chi connectivity index (χ3n) is 6.42. The maximum absolute atomic E-state index is 12.0. The van der Waals surface area contributed by atoms with E-state index in [1.165, 1.54) is 24.3 Å². The van der Waals surface area contributed by atoms with Gasteiger partial charge in [-0.15, -0.1) is 0 Å². The van der Waals surface area contributed by atoms with Gasteiger partial charge in [-0.3, -0.25) is 14.9 Å². The van der Waals surface area contributed by atoms with Gasteiger partial charge < -0.3 is 9.97 Å². The molecule has 0 radical (unpaired) electrons. The fourth-order valence-corrected chi connectivity index (χ4v) is 4.43. The van der Waals surface area contributed by atoms with Gasteiger partial charge in [0.25, 0.3) is 5.69 Å². The Labute approximate surface area is 234 Å². The lowest BCUT2D eigenvalue weighted by atomic mass is 10.0. The molecule has 0 amide bonds. The number of fused-ring (bicyclic) bond motifs is 8. The summed E-state index contributed by atoms with van der Waals surface area (Å²) in [5.74, 6) is -0.138. The first-order valence-electron chi connectivity index (χ1n) is 12.9. The summed E-state index contributed by atoms with van der Waals surface area (Å²) in [6.07, 6.45) is 8.05. The van der Waals surface area contributed by atoms with Crippen LogP contribution in [0.1, 0.15) is 38.7 Å². The van der Waals surface area contributed by atoms with E-state index in [0.29, 0.717) is 11.1 Å². The van der Waals surface area contributed by atoms with Gasteiger partial charge in [0.2, 0.25) is 0 Å². The quantitative estimate of drug-likeness (QED) is 0.138. The van der Waals surface area contributed by atoms with Crippen molar-refractivity contribution < 1.29 is 9.72 Å². The molecule has 2 aromatic carbocycles. The smallest absolute Gasteiger partial charge is 0.269 e. The van der Waals surface area contributed by atoms with E-state index >= 15 is 0 Å². The van der Waals surface area contributed by atoms with E-state index in [1.807, 2.05) is 48.6 Å². The molecule has 3 aromatic heterocycles. The Kier molecular flexibility index (Phi) is 6.86. The number of rotatable bonds is 3. The van der Waals surface area contributed by atoms with Crippen LogP contribution in [0.15, 0.2) is 103 Å². The minimum absolute atomic E-state index is 0.0189. The average molecular weight is 538 g/mol. The number of hydrogen-bond donors (Lipinski definition) is 2. The number of nitrogens with zero attached hydrogens (tertiary/aromatic N) is 3. The highest BCUT2D eigenvalue weighted by molar-refractivity contribution is 6.09. The second-order valence-corrected chi connectivity index (χ2v) is 9.40. The number of carbonyl (C=O) groups is 1. The zero-order chi connectivity index (χ0) is 28.2. The van der Waals surface area contributed by atoms with Crippen molar-refractivity contribution in [2.75, 3.05) is 0 Å². The molecule has 198 valence electrons. The maximum atomic E-state index is 12.0. The summed E-state index contributed by atoms with van der Waals surface area (Å²) in [5.41, 5.74) is 8.86. The minimum Gasteiger partial charge on any atom is -0.355 e. The molecule has 7 rings (SSSR count). The van der Waals surface area contributed by atoms with Crippen LogP contribution in [0, 0.1) is 10.1 Å². The van der Waals surface area contributed by atoms with E-state index in [4.69, 9.17) is 0 Å². The number of nitrogens with one attached hydrogen (secondary N) is 2. The van der Waals surface area contributed by atoms with Gasteiger partial charge >= 0.3 is 0 Å². The third-order valence-corrected chi connectivity index (χ3v) is 6.42. The Bertz CT molecular complexity index is 1900. The van der Waals surface area contributed by atoms with Gasteiger partial charge in [-0.1, -0.05) is 30.3 Å². The van der Waals surface area contributed by atoms with E-state index < -0.39 is 4.92 Å². The maximum Gasteiger partial charge on any atom is 0.269 e. The SMILES string of the molecule is C1=Cc2cc3ccc(cc4ccc(cc5nc(cc1n2)C=C5)[nH]4)[nH]3.O=C(c1ccccc1)c1ccc([N+](=O)[O-])cc1. The topological polar surface area (TPSA) is 118 Å². The average Bonchev–Trinajstić information content (AvgIpc) is 3.80. The molecule has 2 aliphatic heterocycles. The Morgan fingerprint density at radius 3 is 1.49 bits per heavy atom. The molecule has 0 saturated carbocycles. The number of H-pyrrole nitrogens is 2. The molecule has 41 heavy (non-hydrogen) atoms. The van der Waals surface area contributed by atoms with E-state index in [-0.39, 0.29) is 11.5 Å². The van der Waals surface area contributed by atoms with Gasteiger partial charge in [0.15, 0.2) is 5.78 Å². The van der Waals surface area contributed by atoms with Crippen LogP contribution in [0.2, 0.25) is 0 Å².